The number of amides is 4. The van der Waals surface area contributed by atoms with E-state index in [1.54, 1.807) is 30.3 Å². The number of halogens is 2. The Kier molecular flexibility index (Phi) is 6.76. The lowest BCUT2D eigenvalue weighted by Crippen LogP contribution is -2.54. The maximum Gasteiger partial charge on any atom is 0.335 e. The molecular weight excluding hydrogens is 552 g/mol. The average Bonchev–Trinajstić information content (AvgIpc) is 2.77. The van der Waals surface area contributed by atoms with E-state index < -0.39 is 17.8 Å². The summed E-state index contributed by atoms with van der Waals surface area (Å²) < 4.78 is 7.22. The Bertz CT molecular complexity index is 1270. The van der Waals surface area contributed by atoms with Crippen LogP contribution in [-0.2, 0) is 16.2 Å². The maximum absolute atomic E-state index is 13.1. The van der Waals surface area contributed by atoms with Crippen LogP contribution in [0.1, 0.15) is 16.7 Å². The van der Waals surface area contributed by atoms with E-state index >= 15 is 0 Å². The van der Waals surface area contributed by atoms with E-state index in [0.29, 0.717) is 32.6 Å². The van der Waals surface area contributed by atoms with Crippen LogP contribution in [0, 0.1) is 6.92 Å². The van der Waals surface area contributed by atoms with Crippen molar-refractivity contribution >= 4 is 61.5 Å². The lowest BCUT2D eigenvalue weighted by molar-refractivity contribution is -0.122. The zero-order chi connectivity index (χ0) is 23.5. The van der Waals surface area contributed by atoms with Crippen molar-refractivity contribution in [3.8, 4) is 5.75 Å². The molecule has 1 aliphatic heterocycles. The highest BCUT2D eigenvalue weighted by Gasteiger charge is 2.36. The van der Waals surface area contributed by atoms with Crippen molar-refractivity contribution in [2.75, 3.05) is 4.90 Å². The van der Waals surface area contributed by atoms with Crippen LogP contribution in [-0.4, -0.2) is 17.8 Å². The molecule has 0 aromatic heterocycles. The van der Waals surface area contributed by atoms with Gasteiger partial charge < -0.3 is 4.74 Å². The SMILES string of the molecule is Cc1cccc(N2C(=O)NC(=O)/C(=C\c3cc(Br)c(OCc4ccccc4)c(Br)c3)C2=O)c1. The van der Waals surface area contributed by atoms with Crippen molar-refractivity contribution in [2.45, 2.75) is 13.5 Å². The van der Waals surface area contributed by atoms with E-state index in [-0.39, 0.29) is 5.57 Å². The first-order valence-electron chi connectivity index (χ1n) is 9.97. The molecule has 3 aromatic rings. The molecular formula is C25H18Br2N2O4. The minimum absolute atomic E-state index is 0.145. The number of hydrogen-bond acceptors (Lipinski definition) is 4. The molecule has 1 N–H and O–H groups in total. The molecule has 8 heteroatoms. The van der Waals surface area contributed by atoms with Gasteiger partial charge in [0.05, 0.1) is 14.6 Å². The molecule has 0 unspecified atom stereocenters. The molecule has 1 saturated heterocycles. The average molecular weight is 570 g/mol. The second-order valence-corrected chi connectivity index (χ2v) is 9.09. The quantitative estimate of drug-likeness (QED) is 0.313. The molecule has 33 heavy (non-hydrogen) atoms. The van der Waals surface area contributed by atoms with Crippen molar-refractivity contribution in [3.05, 3.63) is 97.9 Å². The highest BCUT2D eigenvalue weighted by Crippen LogP contribution is 2.36. The van der Waals surface area contributed by atoms with Crippen LogP contribution < -0.4 is 15.0 Å². The van der Waals surface area contributed by atoms with Crippen molar-refractivity contribution in [1.82, 2.24) is 5.32 Å². The van der Waals surface area contributed by atoms with Crippen molar-refractivity contribution in [2.24, 2.45) is 0 Å². The van der Waals surface area contributed by atoms with E-state index in [9.17, 15) is 14.4 Å². The molecule has 4 rings (SSSR count). The number of rotatable bonds is 5. The van der Waals surface area contributed by atoms with E-state index in [4.69, 9.17) is 4.74 Å². The number of urea groups is 1. The zero-order valence-electron chi connectivity index (χ0n) is 17.5. The van der Waals surface area contributed by atoms with Gasteiger partial charge in [-0.15, -0.1) is 0 Å². The summed E-state index contributed by atoms with van der Waals surface area (Å²) in [7, 11) is 0. The summed E-state index contributed by atoms with van der Waals surface area (Å²) in [5.74, 6) is -0.839. The van der Waals surface area contributed by atoms with Gasteiger partial charge in [-0.2, -0.15) is 0 Å². The van der Waals surface area contributed by atoms with Crippen molar-refractivity contribution in [1.29, 1.82) is 0 Å². The summed E-state index contributed by atoms with van der Waals surface area (Å²) >= 11 is 7.00. The van der Waals surface area contributed by atoms with Crippen LogP contribution in [0.5, 0.6) is 5.75 Å². The van der Waals surface area contributed by atoms with Crippen LogP contribution in [0.25, 0.3) is 6.08 Å². The van der Waals surface area contributed by atoms with Crippen molar-refractivity contribution in [3.63, 3.8) is 0 Å². The minimum atomic E-state index is -0.778. The van der Waals surface area contributed by atoms with Gasteiger partial charge in [0.1, 0.15) is 17.9 Å². The van der Waals surface area contributed by atoms with Gasteiger partial charge >= 0.3 is 6.03 Å². The smallest absolute Gasteiger partial charge is 0.335 e. The topological polar surface area (TPSA) is 75.7 Å². The first-order chi connectivity index (χ1) is 15.8. The molecule has 1 fully saturated rings. The predicted octanol–water partition coefficient (Wildman–Crippen LogP) is 5.77. The fourth-order valence-corrected chi connectivity index (χ4v) is 4.81. The Morgan fingerprint density at radius 2 is 1.64 bits per heavy atom. The molecule has 0 radical (unpaired) electrons. The number of ether oxygens (including phenoxy) is 1. The first kappa shape index (κ1) is 22.9. The number of carbonyl (C=O) groups excluding carboxylic acids is 3. The Hall–Kier alpha value is -3.23. The minimum Gasteiger partial charge on any atom is -0.487 e. The number of aryl methyl sites for hydroxylation is 1. The fourth-order valence-electron chi connectivity index (χ4n) is 3.36. The number of benzene rings is 3. The summed E-state index contributed by atoms with van der Waals surface area (Å²) in [6.07, 6.45) is 1.45. The molecule has 0 spiro atoms. The monoisotopic (exact) mass is 568 g/mol. The standard InChI is InChI=1S/C25H18Br2N2O4/c1-15-6-5-9-18(10-15)29-24(31)19(23(30)28-25(29)32)11-17-12-20(26)22(21(27)13-17)33-14-16-7-3-2-4-8-16/h2-13H,14H2,1H3,(H,28,30,32)/b19-11+. The highest BCUT2D eigenvalue weighted by molar-refractivity contribution is 9.11. The highest BCUT2D eigenvalue weighted by atomic mass is 79.9. The molecule has 0 aliphatic carbocycles. The number of carbonyl (C=O) groups is 3. The Morgan fingerprint density at radius 3 is 2.30 bits per heavy atom. The number of nitrogens with zero attached hydrogens (tertiary/aromatic N) is 1. The second kappa shape index (κ2) is 9.72. The fraction of sp³-hybridized carbons (Fsp3) is 0.0800. The molecule has 0 bridgehead atoms. The molecule has 1 aliphatic rings. The number of imide groups is 2. The van der Waals surface area contributed by atoms with Gasteiger partial charge in [-0.25, -0.2) is 9.69 Å². The zero-order valence-corrected chi connectivity index (χ0v) is 20.6. The van der Waals surface area contributed by atoms with Gasteiger partial charge in [0.2, 0.25) is 0 Å². The third kappa shape index (κ3) is 5.07. The summed E-state index contributed by atoms with van der Waals surface area (Å²) in [4.78, 5) is 38.9. The molecule has 166 valence electrons. The van der Waals surface area contributed by atoms with Gasteiger partial charge in [0, 0.05) is 0 Å². The van der Waals surface area contributed by atoms with Gasteiger partial charge in [-0.3, -0.25) is 14.9 Å². The van der Waals surface area contributed by atoms with Gasteiger partial charge in [-0.05, 0) is 85.8 Å². The summed E-state index contributed by atoms with van der Waals surface area (Å²) in [5, 5.41) is 2.24. The maximum atomic E-state index is 13.1. The predicted molar refractivity (Wildman–Crippen MR) is 133 cm³/mol. The van der Waals surface area contributed by atoms with Crippen LogP contribution >= 0.6 is 31.9 Å². The molecule has 1 heterocycles. The van der Waals surface area contributed by atoms with Gasteiger partial charge in [0.15, 0.2) is 0 Å². The number of anilines is 1. The number of hydrogen-bond donors (Lipinski definition) is 1. The molecule has 6 nitrogen and oxygen atoms in total. The van der Waals surface area contributed by atoms with Crippen LogP contribution in [0.3, 0.4) is 0 Å². The second-order valence-electron chi connectivity index (χ2n) is 7.38. The normalized spacial score (nSPS) is 15.1. The Balaban J connectivity index is 1.62. The molecule has 4 amide bonds. The van der Waals surface area contributed by atoms with E-state index in [1.807, 2.05) is 43.3 Å². The number of nitrogens with one attached hydrogen (secondary N) is 1. The van der Waals surface area contributed by atoms with Gasteiger partial charge in [0.25, 0.3) is 11.8 Å². The summed E-state index contributed by atoms with van der Waals surface area (Å²) in [6.45, 7) is 2.24. The van der Waals surface area contributed by atoms with Crippen molar-refractivity contribution < 1.29 is 19.1 Å². The van der Waals surface area contributed by atoms with Gasteiger partial charge in [-0.1, -0.05) is 42.5 Å². The molecule has 0 atom stereocenters. The van der Waals surface area contributed by atoms with Crippen LogP contribution in [0.15, 0.2) is 81.2 Å². The van der Waals surface area contributed by atoms with E-state index in [0.717, 1.165) is 16.0 Å². The van der Waals surface area contributed by atoms with E-state index in [1.165, 1.54) is 6.08 Å². The third-order valence-corrected chi connectivity index (χ3v) is 6.10. The Morgan fingerprint density at radius 1 is 0.939 bits per heavy atom. The summed E-state index contributed by atoms with van der Waals surface area (Å²) in [6, 6.07) is 19.4. The molecule has 0 saturated carbocycles. The third-order valence-electron chi connectivity index (χ3n) is 4.92. The largest absolute Gasteiger partial charge is 0.487 e. The molecule has 3 aromatic carbocycles. The first-order valence-corrected chi connectivity index (χ1v) is 11.6. The summed E-state index contributed by atoms with van der Waals surface area (Å²) in [5.41, 5.74) is 2.73. The Labute approximate surface area is 207 Å². The lowest BCUT2D eigenvalue weighted by atomic mass is 10.1. The number of barbiturate groups is 1. The lowest BCUT2D eigenvalue weighted by Gasteiger charge is -2.26. The van der Waals surface area contributed by atoms with Crippen LogP contribution in [0.2, 0.25) is 0 Å². The van der Waals surface area contributed by atoms with E-state index in [2.05, 4.69) is 37.2 Å². The van der Waals surface area contributed by atoms with Crippen LogP contribution in [0.4, 0.5) is 10.5 Å².